The van der Waals surface area contributed by atoms with Crippen LogP contribution in [0.25, 0.3) is 0 Å². The number of rotatable bonds is 10. The third-order valence-corrected chi connectivity index (χ3v) is 3.14. The molecule has 3 heteroatoms. The van der Waals surface area contributed by atoms with Gasteiger partial charge in [0.2, 0.25) is 0 Å². The van der Waals surface area contributed by atoms with E-state index in [9.17, 15) is 0 Å². The Morgan fingerprint density at radius 3 is 2.44 bits per heavy atom. The zero-order valence-corrected chi connectivity index (χ0v) is 11.6. The molecule has 0 rings (SSSR count). The van der Waals surface area contributed by atoms with E-state index in [1.165, 1.54) is 12.8 Å². The lowest BCUT2D eigenvalue weighted by Gasteiger charge is -2.22. The van der Waals surface area contributed by atoms with Crippen LogP contribution in [0.1, 0.15) is 46.5 Å². The fourth-order valence-corrected chi connectivity index (χ4v) is 1.51. The molecular weight excluding hydrogens is 202 g/mol. The summed E-state index contributed by atoms with van der Waals surface area (Å²) in [5.41, 5.74) is -0.0586. The minimum Gasteiger partial charge on any atom is -0.381 e. The molecule has 0 aliphatic rings. The molecule has 0 saturated heterocycles. The summed E-state index contributed by atoms with van der Waals surface area (Å²) in [6, 6.07) is 0.638. The number of nitrogens with one attached hydrogen (secondary N) is 1. The zero-order chi connectivity index (χ0) is 12.4. The second-order valence-corrected chi connectivity index (χ2v) is 4.86. The third kappa shape index (κ3) is 8.08. The third-order valence-electron chi connectivity index (χ3n) is 3.14. The molecule has 0 aromatic rings. The van der Waals surface area contributed by atoms with Gasteiger partial charge in [0.15, 0.2) is 0 Å². The first kappa shape index (κ1) is 15.9. The van der Waals surface area contributed by atoms with Gasteiger partial charge in [-0.05, 0) is 46.6 Å². The summed E-state index contributed by atoms with van der Waals surface area (Å²) in [5.74, 6) is 0. The summed E-state index contributed by atoms with van der Waals surface area (Å²) in [7, 11) is 3.77. The largest absolute Gasteiger partial charge is 0.381 e. The second-order valence-electron chi connectivity index (χ2n) is 4.86. The highest BCUT2D eigenvalue weighted by Gasteiger charge is 2.15. The quantitative estimate of drug-likeness (QED) is 0.586. The van der Waals surface area contributed by atoms with Crippen molar-refractivity contribution in [3.63, 3.8) is 0 Å². The lowest BCUT2D eigenvalue weighted by Crippen LogP contribution is -2.25. The van der Waals surface area contributed by atoms with Crippen LogP contribution in [0.4, 0.5) is 0 Å². The van der Waals surface area contributed by atoms with Crippen molar-refractivity contribution in [3.05, 3.63) is 0 Å². The van der Waals surface area contributed by atoms with Crippen LogP contribution in [-0.4, -0.2) is 39.0 Å². The first-order chi connectivity index (χ1) is 7.55. The van der Waals surface area contributed by atoms with Gasteiger partial charge in [-0.2, -0.15) is 0 Å². The Morgan fingerprint density at radius 1 is 1.25 bits per heavy atom. The van der Waals surface area contributed by atoms with Gasteiger partial charge in [0.05, 0.1) is 5.60 Å². The molecule has 0 radical (unpaired) electrons. The number of hydrogen-bond donors (Lipinski definition) is 1. The lowest BCUT2D eigenvalue weighted by molar-refractivity contribution is -0.0103. The van der Waals surface area contributed by atoms with Gasteiger partial charge in [-0.1, -0.05) is 6.92 Å². The van der Waals surface area contributed by atoms with Gasteiger partial charge < -0.3 is 14.8 Å². The molecular formula is C13H29NO2. The molecule has 1 N–H and O–H groups in total. The van der Waals surface area contributed by atoms with Gasteiger partial charge >= 0.3 is 0 Å². The van der Waals surface area contributed by atoms with Gasteiger partial charge in [0, 0.05) is 26.4 Å². The first-order valence-corrected chi connectivity index (χ1v) is 6.36. The van der Waals surface area contributed by atoms with E-state index in [2.05, 4.69) is 26.1 Å². The molecule has 0 amide bonds. The Labute approximate surface area is 101 Å². The van der Waals surface area contributed by atoms with Crippen molar-refractivity contribution in [2.24, 2.45) is 0 Å². The smallest absolute Gasteiger partial charge is 0.0644 e. The molecule has 3 nitrogen and oxygen atoms in total. The molecule has 1 atom stereocenters. The van der Waals surface area contributed by atoms with Crippen molar-refractivity contribution in [2.45, 2.75) is 58.1 Å². The number of methoxy groups -OCH3 is 1. The van der Waals surface area contributed by atoms with Crippen LogP contribution in [0, 0.1) is 0 Å². The SMILES string of the molecule is CCC(CCCOCCC(C)(C)OC)NC. The first-order valence-electron chi connectivity index (χ1n) is 6.36. The Balaban J connectivity index is 3.34. The zero-order valence-electron chi connectivity index (χ0n) is 11.6. The van der Waals surface area contributed by atoms with Crippen LogP contribution in [0.15, 0.2) is 0 Å². The maximum Gasteiger partial charge on any atom is 0.0644 e. The average Bonchev–Trinajstić information content (AvgIpc) is 2.28. The summed E-state index contributed by atoms with van der Waals surface area (Å²) in [6.45, 7) is 8.03. The van der Waals surface area contributed by atoms with E-state index >= 15 is 0 Å². The fraction of sp³-hybridized carbons (Fsp3) is 1.00. The van der Waals surface area contributed by atoms with E-state index < -0.39 is 0 Å². The van der Waals surface area contributed by atoms with Gasteiger partial charge in [-0.15, -0.1) is 0 Å². The monoisotopic (exact) mass is 231 g/mol. The molecule has 1 unspecified atom stereocenters. The normalized spacial score (nSPS) is 14.1. The molecule has 0 fully saturated rings. The van der Waals surface area contributed by atoms with Crippen molar-refractivity contribution in [3.8, 4) is 0 Å². The molecule has 0 aliphatic carbocycles. The predicted molar refractivity (Wildman–Crippen MR) is 68.9 cm³/mol. The molecule has 0 spiro atoms. The topological polar surface area (TPSA) is 30.5 Å². The highest BCUT2D eigenvalue weighted by molar-refractivity contribution is 4.66. The van der Waals surface area contributed by atoms with Crippen LogP contribution in [0.2, 0.25) is 0 Å². The maximum absolute atomic E-state index is 5.60. The van der Waals surface area contributed by atoms with Crippen molar-refractivity contribution in [2.75, 3.05) is 27.4 Å². The van der Waals surface area contributed by atoms with Crippen LogP contribution in [0.3, 0.4) is 0 Å². The minimum atomic E-state index is -0.0586. The predicted octanol–water partition coefficient (Wildman–Crippen LogP) is 2.60. The Kier molecular flexibility index (Phi) is 8.90. The second kappa shape index (κ2) is 8.97. The van der Waals surface area contributed by atoms with E-state index in [0.717, 1.165) is 26.1 Å². The molecule has 0 aromatic heterocycles. The molecule has 0 aromatic carbocycles. The van der Waals surface area contributed by atoms with Crippen LogP contribution < -0.4 is 5.32 Å². The highest BCUT2D eigenvalue weighted by Crippen LogP contribution is 2.12. The molecule has 98 valence electrons. The highest BCUT2D eigenvalue weighted by atomic mass is 16.5. The van der Waals surface area contributed by atoms with Gasteiger partial charge in [0.25, 0.3) is 0 Å². The van der Waals surface area contributed by atoms with Gasteiger partial charge in [0.1, 0.15) is 0 Å². The van der Waals surface area contributed by atoms with Gasteiger partial charge in [-0.3, -0.25) is 0 Å². The number of ether oxygens (including phenoxy) is 2. The summed E-state index contributed by atoms with van der Waals surface area (Å²) in [4.78, 5) is 0. The van der Waals surface area contributed by atoms with Crippen molar-refractivity contribution in [1.82, 2.24) is 5.32 Å². The summed E-state index contributed by atoms with van der Waals surface area (Å²) >= 11 is 0. The van der Waals surface area contributed by atoms with E-state index in [1.807, 2.05) is 7.05 Å². The van der Waals surface area contributed by atoms with Crippen LogP contribution in [-0.2, 0) is 9.47 Å². The molecule has 0 saturated carbocycles. The van der Waals surface area contributed by atoms with Crippen molar-refractivity contribution in [1.29, 1.82) is 0 Å². The Morgan fingerprint density at radius 2 is 1.94 bits per heavy atom. The average molecular weight is 231 g/mol. The molecule has 0 aliphatic heterocycles. The van der Waals surface area contributed by atoms with Crippen LogP contribution in [0.5, 0.6) is 0 Å². The van der Waals surface area contributed by atoms with Crippen molar-refractivity contribution >= 4 is 0 Å². The fourth-order valence-electron chi connectivity index (χ4n) is 1.51. The van der Waals surface area contributed by atoms with Crippen LogP contribution >= 0.6 is 0 Å². The summed E-state index contributed by atoms with van der Waals surface area (Å²) < 4.78 is 10.9. The molecule has 0 heterocycles. The molecule has 0 bridgehead atoms. The van der Waals surface area contributed by atoms with E-state index in [1.54, 1.807) is 7.11 Å². The van der Waals surface area contributed by atoms with E-state index in [-0.39, 0.29) is 5.60 Å². The Hall–Kier alpha value is -0.120. The van der Waals surface area contributed by atoms with Gasteiger partial charge in [-0.25, -0.2) is 0 Å². The number of hydrogen-bond acceptors (Lipinski definition) is 3. The molecule has 16 heavy (non-hydrogen) atoms. The van der Waals surface area contributed by atoms with E-state index in [0.29, 0.717) is 6.04 Å². The standard InChI is InChI=1S/C13H29NO2/c1-6-12(14-4)8-7-10-16-11-9-13(2,3)15-5/h12,14H,6-11H2,1-5H3. The lowest BCUT2D eigenvalue weighted by atomic mass is 10.1. The van der Waals surface area contributed by atoms with E-state index in [4.69, 9.17) is 9.47 Å². The minimum absolute atomic E-state index is 0.0586. The summed E-state index contributed by atoms with van der Waals surface area (Å²) in [6.07, 6.45) is 4.47. The summed E-state index contributed by atoms with van der Waals surface area (Å²) in [5, 5.41) is 3.30. The Bertz CT molecular complexity index is 156. The maximum atomic E-state index is 5.60. The van der Waals surface area contributed by atoms with Crippen molar-refractivity contribution < 1.29 is 9.47 Å².